The van der Waals surface area contributed by atoms with Crippen molar-refractivity contribution in [1.29, 1.82) is 0 Å². The Bertz CT molecular complexity index is 1000. The van der Waals surface area contributed by atoms with E-state index in [1.54, 1.807) is 12.4 Å². The van der Waals surface area contributed by atoms with E-state index in [-0.39, 0.29) is 31.2 Å². The molecule has 0 aromatic heterocycles. The van der Waals surface area contributed by atoms with Crippen LogP contribution in [0, 0.1) is 11.8 Å². The maximum atomic E-state index is 14.1. The maximum absolute atomic E-state index is 14.1. The fourth-order valence-corrected chi connectivity index (χ4v) is 4.02. The highest BCUT2D eigenvalue weighted by Gasteiger charge is 2.38. The molecule has 3 amide bonds. The Kier molecular flexibility index (Phi) is 15.2. The summed E-state index contributed by atoms with van der Waals surface area (Å²) in [6.45, 7) is 7.83. The number of hydrogen-bond donors (Lipinski definition) is 6. The van der Waals surface area contributed by atoms with Gasteiger partial charge in [0.1, 0.15) is 12.1 Å². The summed E-state index contributed by atoms with van der Waals surface area (Å²) in [5.74, 6) is -2.09. The quantitative estimate of drug-likeness (QED) is 0.133. The molecule has 0 saturated heterocycles. The van der Waals surface area contributed by atoms with Crippen molar-refractivity contribution in [2.24, 2.45) is 16.8 Å². The third-order valence-electron chi connectivity index (χ3n) is 5.67. The molecule has 0 unspecified atom stereocenters. The van der Waals surface area contributed by atoms with Crippen LogP contribution in [0.25, 0.3) is 0 Å². The van der Waals surface area contributed by atoms with E-state index in [2.05, 4.69) is 15.6 Å². The number of aliphatic carboxylic acids is 1. The number of carboxylic acids is 1. The van der Waals surface area contributed by atoms with Gasteiger partial charge in [-0.2, -0.15) is 0 Å². The molecule has 0 aliphatic carbocycles. The lowest BCUT2D eigenvalue weighted by Gasteiger charge is -2.40. The van der Waals surface area contributed by atoms with E-state index in [0.717, 1.165) is 5.56 Å². The van der Waals surface area contributed by atoms with Crippen LogP contribution in [0.5, 0.6) is 0 Å². The third kappa shape index (κ3) is 12.4. The molecule has 1 aromatic carbocycles. The first kappa shape index (κ1) is 34.3. The van der Waals surface area contributed by atoms with Crippen molar-refractivity contribution in [3.05, 3.63) is 48.3 Å². The van der Waals surface area contributed by atoms with E-state index < -0.39 is 43.2 Å². The van der Waals surface area contributed by atoms with E-state index in [1.807, 2.05) is 58.0 Å². The number of carboxylic acid groups (broad SMARTS) is 1. The van der Waals surface area contributed by atoms with Crippen molar-refractivity contribution < 1.29 is 39.4 Å². The van der Waals surface area contributed by atoms with Crippen molar-refractivity contribution in [3.8, 4) is 0 Å². The molecule has 2 rings (SSSR count). The minimum absolute atomic E-state index is 0.00165. The summed E-state index contributed by atoms with van der Waals surface area (Å²) >= 11 is 0. The Balaban J connectivity index is 0.00000187. The van der Waals surface area contributed by atoms with Crippen molar-refractivity contribution in [3.63, 3.8) is 0 Å². The van der Waals surface area contributed by atoms with Crippen molar-refractivity contribution in [2.75, 3.05) is 6.54 Å². The lowest BCUT2D eigenvalue weighted by molar-refractivity contribution is -0.166. The molecule has 0 bridgehead atoms. The zero-order valence-electron chi connectivity index (χ0n) is 23.3. The van der Waals surface area contributed by atoms with Crippen molar-refractivity contribution in [2.45, 2.75) is 65.1 Å². The number of hydrazine groups is 1. The lowest BCUT2D eigenvalue weighted by atomic mass is 9.99. The predicted octanol–water partition coefficient (Wildman–Crippen LogP) is -0.0767. The minimum atomic E-state index is -2.17. The van der Waals surface area contributed by atoms with Crippen molar-refractivity contribution in [1.82, 2.24) is 20.7 Å². The molecule has 0 fully saturated rings. The van der Waals surface area contributed by atoms with Crippen LogP contribution in [0.1, 0.15) is 46.1 Å². The molecule has 0 spiro atoms. The average Bonchev–Trinajstić information content (AvgIpc) is 2.88. The zero-order valence-corrected chi connectivity index (χ0v) is 23.3. The highest BCUT2D eigenvalue weighted by molar-refractivity contribution is 6.30. The second-order valence-electron chi connectivity index (χ2n) is 9.98. The second-order valence-corrected chi connectivity index (χ2v) is 9.98. The van der Waals surface area contributed by atoms with Crippen LogP contribution in [-0.2, 0) is 25.6 Å². The summed E-state index contributed by atoms with van der Waals surface area (Å²) in [7, 11) is -2.17. The molecule has 220 valence electrons. The number of nitrogens with zero attached hydrogens (tertiary/aromatic N) is 3. The highest BCUT2D eigenvalue weighted by Crippen LogP contribution is 2.19. The predicted molar refractivity (Wildman–Crippen MR) is 149 cm³/mol. The zero-order chi connectivity index (χ0) is 30.2. The van der Waals surface area contributed by atoms with E-state index in [0.29, 0.717) is 12.8 Å². The van der Waals surface area contributed by atoms with Gasteiger partial charge in [0.25, 0.3) is 5.91 Å². The molecule has 6 N–H and O–H groups in total. The Labute approximate surface area is 234 Å². The molecule has 1 aromatic rings. The van der Waals surface area contributed by atoms with E-state index in [1.165, 1.54) is 16.2 Å². The molecule has 1 aliphatic heterocycles. The van der Waals surface area contributed by atoms with Crippen LogP contribution in [0.15, 0.2) is 47.7 Å². The number of carbonyl (C=O) groups excluding carboxylic acids is 3. The van der Waals surface area contributed by atoms with Gasteiger partial charge in [-0.1, -0.05) is 58.0 Å². The van der Waals surface area contributed by atoms with Gasteiger partial charge < -0.3 is 30.8 Å². The van der Waals surface area contributed by atoms with Crippen LogP contribution in [-0.4, -0.2) is 92.6 Å². The van der Waals surface area contributed by atoms with E-state index in [4.69, 9.17) is 15.1 Å². The van der Waals surface area contributed by atoms with Crippen LogP contribution >= 0.6 is 0 Å². The first-order valence-electron chi connectivity index (χ1n) is 13.0. The summed E-state index contributed by atoms with van der Waals surface area (Å²) in [4.78, 5) is 54.7. The van der Waals surface area contributed by atoms with Gasteiger partial charge in [0, 0.05) is 25.0 Å². The summed E-state index contributed by atoms with van der Waals surface area (Å²) in [6.07, 6.45) is 5.83. The van der Waals surface area contributed by atoms with E-state index in [9.17, 15) is 24.3 Å². The second kappa shape index (κ2) is 17.8. The Morgan fingerprint density at radius 2 is 1.65 bits per heavy atom. The summed E-state index contributed by atoms with van der Waals surface area (Å²) in [5, 5.41) is 39.6. The van der Waals surface area contributed by atoms with Gasteiger partial charge in [-0.3, -0.25) is 24.4 Å². The Morgan fingerprint density at radius 1 is 1.05 bits per heavy atom. The number of hydrogen-bond acceptors (Lipinski definition) is 9. The van der Waals surface area contributed by atoms with Crippen LogP contribution in [0.3, 0.4) is 0 Å². The Hall–Kier alpha value is -3.75. The number of rotatable bonds is 14. The summed E-state index contributed by atoms with van der Waals surface area (Å²) in [6, 6.07) is 6.13. The lowest BCUT2D eigenvalue weighted by Crippen LogP contribution is -2.61. The van der Waals surface area contributed by atoms with Crippen molar-refractivity contribution >= 4 is 37.7 Å². The smallest absolute Gasteiger partial charge is 0.480 e. The van der Waals surface area contributed by atoms with Gasteiger partial charge >= 0.3 is 13.3 Å². The number of carbonyl (C=O) groups is 4. The van der Waals surface area contributed by atoms with Crippen LogP contribution in [0.2, 0.25) is 0 Å². The van der Waals surface area contributed by atoms with Crippen LogP contribution in [0.4, 0.5) is 0 Å². The molecule has 0 saturated carbocycles. The topological polar surface area (TPSA) is 192 Å². The molecule has 14 heteroatoms. The Morgan fingerprint density at radius 3 is 2.12 bits per heavy atom. The molecule has 1 aliphatic rings. The average molecular weight is 561 g/mol. The van der Waals surface area contributed by atoms with Gasteiger partial charge in [0.2, 0.25) is 12.3 Å². The maximum Gasteiger partial charge on any atom is 0.631 e. The SMILES string of the molecule is CC(C)C[C@H](NC=O)C(=O)N[C@@H](Cc1ccccc1)C(=O)N([C@@H](CC(C)C)C(=O)O)N1C=CN=CC1.OB(O)O. The van der Waals surface area contributed by atoms with Gasteiger partial charge in [-0.25, -0.2) is 9.80 Å². The number of benzene rings is 1. The molecular weight excluding hydrogens is 521 g/mol. The fourth-order valence-electron chi connectivity index (χ4n) is 4.02. The number of amides is 3. The molecule has 3 atom stereocenters. The van der Waals surface area contributed by atoms with Gasteiger partial charge in [-0.15, -0.1) is 0 Å². The first-order chi connectivity index (χ1) is 18.9. The number of aliphatic imine (C=N–C) groups is 1. The van der Waals surface area contributed by atoms with Gasteiger partial charge in [-0.05, 0) is 30.2 Å². The summed E-state index contributed by atoms with van der Waals surface area (Å²) < 4.78 is 0. The molecular formula is C26H40BN5O8. The summed E-state index contributed by atoms with van der Waals surface area (Å²) in [5.41, 5.74) is 0.798. The highest BCUT2D eigenvalue weighted by atomic mass is 16.5. The molecule has 1 heterocycles. The van der Waals surface area contributed by atoms with Gasteiger partial charge in [0.15, 0.2) is 6.04 Å². The van der Waals surface area contributed by atoms with Crippen LogP contribution < -0.4 is 10.6 Å². The number of nitrogens with one attached hydrogen (secondary N) is 2. The minimum Gasteiger partial charge on any atom is -0.480 e. The first-order valence-corrected chi connectivity index (χ1v) is 13.0. The molecule has 0 radical (unpaired) electrons. The molecule has 40 heavy (non-hydrogen) atoms. The largest absolute Gasteiger partial charge is 0.631 e. The molecule has 13 nitrogen and oxygen atoms in total. The van der Waals surface area contributed by atoms with E-state index >= 15 is 0 Å². The monoisotopic (exact) mass is 561 g/mol. The fraction of sp³-hybridized carbons (Fsp3) is 0.500. The third-order valence-corrected chi connectivity index (χ3v) is 5.67. The normalized spacial score (nSPS) is 14.5. The standard InChI is InChI=1S/C26H37N5O5.BH3O3/c1-18(2)14-21(28-17-32)24(33)29-22(16-20-8-6-5-7-9-20)25(34)31(30-12-10-27-11-13-30)23(26(35)36)15-19(3)4;2-1(3)4/h5-12,17-19,21-23H,13-16H2,1-4H3,(H,28,32)(H,29,33)(H,35,36);2-4H/t21-,22-,23-;/m0./s1. The van der Waals surface area contributed by atoms with Gasteiger partial charge in [0.05, 0.1) is 6.54 Å².